The molecule has 0 fully saturated rings. The van der Waals surface area contributed by atoms with Crippen LogP contribution in [0.3, 0.4) is 0 Å². The standard InChI is InChI=1S/C26H22ClNO4S/c1-16(2)22-15-28-25-21(11-6-12-23(25)27)24(22)17-7-4-9-19(13-17)32-26(29)18-8-5-10-20(14-18)33(3,30)31/h4-16H,1-3H3. The van der Waals surface area contributed by atoms with Gasteiger partial charge in [0.1, 0.15) is 5.75 Å². The predicted octanol–water partition coefficient (Wildman–Crippen LogP) is 6.30. The summed E-state index contributed by atoms with van der Waals surface area (Å²) in [5.41, 5.74) is 3.76. The molecule has 0 saturated carbocycles. The summed E-state index contributed by atoms with van der Waals surface area (Å²) in [4.78, 5) is 17.4. The Labute approximate surface area is 197 Å². The molecule has 0 N–H and O–H groups in total. The number of halogens is 1. The van der Waals surface area contributed by atoms with E-state index < -0.39 is 15.8 Å². The number of hydrogen-bond acceptors (Lipinski definition) is 5. The monoisotopic (exact) mass is 479 g/mol. The molecular formula is C26H22ClNO4S. The van der Waals surface area contributed by atoms with Crippen molar-refractivity contribution in [3.8, 4) is 16.9 Å². The van der Waals surface area contributed by atoms with Crippen LogP contribution < -0.4 is 4.74 Å². The van der Waals surface area contributed by atoms with Crippen LogP contribution in [0.5, 0.6) is 5.75 Å². The summed E-state index contributed by atoms with van der Waals surface area (Å²) in [7, 11) is -3.44. The lowest BCUT2D eigenvalue weighted by atomic mass is 9.91. The Morgan fingerprint density at radius 3 is 2.45 bits per heavy atom. The summed E-state index contributed by atoms with van der Waals surface area (Å²) in [6, 6.07) is 18.7. The fourth-order valence-corrected chi connectivity index (χ4v) is 4.59. The summed E-state index contributed by atoms with van der Waals surface area (Å²) in [6.07, 6.45) is 2.93. The van der Waals surface area contributed by atoms with E-state index in [4.69, 9.17) is 16.3 Å². The van der Waals surface area contributed by atoms with Crippen LogP contribution in [0.1, 0.15) is 35.7 Å². The lowest BCUT2D eigenvalue weighted by Crippen LogP contribution is -2.09. The van der Waals surface area contributed by atoms with Gasteiger partial charge in [0.05, 0.1) is 21.0 Å². The van der Waals surface area contributed by atoms with E-state index in [1.807, 2.05) is 30.5 Å². The van der Waals surface area contributed by atoms with Gasteiger partial charge in [0.25, 0.3) is 0 Å². The first-order valence-electron chi connectivity index (χ1n) is 10.3. The second-order valence-corrected chi connectivity index (χ2v) is 10.5. The topological polar surface area (TPSA) is 73.3 Å². The summed E-state index contributed by atoms with van der Waals surface area (Å²) in [5, 5.41) is 1.48. The summed E-state index contributed by atoms with van der Waals surface area (Å²) in [6.45, 7) is 4.19. The van der Waals surface area contributed by atoms with E-state index in [-0.39, 0.29) is 16.4 Å². The molecule has 0 radical (unpaired) electrons. The molecule has 7 heteroatoms. The van der Waals surface area contributed by atoms with Crippen LogP contribution in [0.25, 0.3) is 22.0 Å². The molecule has 33 heavy (non-hydrogen) atoms. The van der Waals surface area contributed by atoms with Crippen LogP contribution >= 0.6 is 11.6 Å². The van der Waals surface area contributed by atoms with Gasteiger partial charge in [-0.1, -0.05) is 55.8 Å². The molecule has 0 bridgehead atoms. The minimum atomic E-state index is -3.44. The maximum Gasteiger partial charge on any atom is 0.343 e. The molecule has 4 rings (SSSR count). The maximum atomic E-state index is 12.7. The van der Waals surface area contributed by atoms with Gasteiger partial charge in [0, 0.05) is 17.8 Å². The van der Waals surface area contributed by atoms with Crippen molar-refractivity contribution in [3.63, 3.8) is 0 Å². The molecule has 1 aromatic heterocycles. The maximum absolute atomic E-state index is 12.7. The number of fused-ring (bicyclic) bond motifs is 1. The fourth-order valence-electron chi connectivity index (χ4n) is 3.70. The number of carbonyl (C=O) groups excluding carboxylic acids is 1. The second-order valence-electron chi connectivity index (χ2n) is 8.10. The SMILES string of the molecule is CC(C)c1cnc2c(Cl)cccc2c1-c1cccc(OC(=O)c2cccc(S(C)(=O)=O)c2)c1. The van der Waals surface area contributed by atoms with Gasteiger partial charge < -0.3 is 4.74 Å². The van der Waals surface area contributed by atoms with Crippen molar-refractivity contribution in [2.24, 2.45) is 0 Å². The number of pyridine rings is 1. The van der Waals surface area contributed by atoms with E-state index in [1.54, 1.807) is 18.2 Å². The molecule has 0 aliphatic heterocycles. The highest BCUT2D eigenvalue weighted by atomic mass is 35.5. The molecule has 0 unspecified atom stereocenters. The zero-order valence-corrected chi connectivity index (χ0v) is 19.9. The number of para-hydroxylation sites is 1. The number of nitrogens with zero attached hydrogens (tertiary/aromatic N) is 1. The number of carbonyl (C=O) groups is 1. The van der Waals surface area contributed by atoms with Gasteiger partial charge in [0.2, 0.25) is 0 Å². The molecule has 0 aliphatic carbocycles. The molecule has 4 aromatic rings. The Balaban J connectivity index is 1.76. The van der Waals surface area contributed by atoms with Crippen LogP contribution in [-0.4, -0.2) is 25.6 Å². The normalized spacial score (nSPS) is 11.7. The van der Waals surface area contributed by atoms with E-state index in [0.717, 1.165) is 28.3 Å². The molecule has 1 heterocycles. The summed E-state index contributed by atoms with van der Waals surface area (Å²) in [5.74, 6) is -0.0749. The van der Waals surface area contributed by atoms with Gasteiger partial charge in [0.15, 0.2) is 9.84 Å². The Bertz CT molecular complexity index is 1480. The summed E-state index contributed by atoms with van der Waals surface area (Å²) >= 11 is 6.39. The molecular weight excluding hydrogens is 458 g/mol. The molecule has 5 nitrogen and oxygen atoms in total. The minimum absolute atomic E-state index is 0.0624. The zero-order chi connectivity index (χ0) is 23.8. The van der Waals surface area contributed by atoms with Crippen molar-refractivity contribution in [1.82, 2.24) is 4.98 Å². The average Bonchev–Trinajstić information content (AvgIpc) is 2.78. The molecule has 3 aromatic carbocycles. The highest BCUT2D eigenvalue weighted by Crippen LogP contribution is 2.38. The molecule has 168 valence electrons. The van der Waals surface area contributed by atoms with Crippen molar-refractivity contribution in [1.29, 1.82) is 0 Å². The van der Waals surface area contributed by atoms with E-state index in [9.17, 15) is 13.2 Å². The van der Waals surface area contributed by atoms with Crippen LogP contribution in [0, 0.1) is 0 Å². The number of sulfone groups is 1. The van der Waals surface area contributed by atoms with E-state index >= 15 is 0 Å². The number of hydrogen-bond donors (Lipinski definition) is 0. The van der Waals surface area contributed by atoms with Crippen molar-refractivity contribution in [2.45, 2.75) is 24.7 Å². The van der Waals surface area contributed by atoms with Crippen molar-refractivity contribution in [2.75, 3.05) is 6.26 Å². The van der Waals surface area contributed by atoms with Gasteiger partial charge in [-0.3, -0.25) is 4.98 Å². The molecule has 0 amide bonds. The van der Waals surface area contributed by atoms with E-state index in [1.165, 1.54) is 24.3 Å². The van der Waals surface area contributed by atoms with Crippen molar-refractivity contribution >= 4 is 38.3 Å². The van der Waals surface area contributed by atoms with E-state index in [2.05, 4.69) is 18.8 Å². The first kappa shape index (κ1) is 23.0. The minimum Gasteiger partial charge on any atom is -0.423 e. The van der Waals surface area contributed by atoms with Gasteiger partial charge in [-0.05, 0) is 59.0 Å². The summed E-state index contributed by atoms with van der Waals surface area (Å²) < 4.78 is 29.2. The van der Waals surface area contributed by atoms with E-state index in [0.29, 0.717) is 16.3 Å². The Kier molecular flexibility index (Phi) is 6.23. The number of benzene rings is 3. The highest BCUT2D eigenvalue weighted by molar-refractivity contribution is 7.90. The lowest BCUT2D eigenvalue weighted by Gasteiger charge is -2.17. The highest BCUT2D eigenvalue weighted by Gasteiger charge is 2.17. The van der Waals surface area contributed by atoms with Gasteiger partial charge in [-0.2, -0.15) is 0 Å². The third-order valence-electron chi connectivity index (χ3n) is 5.33. The first-order valence-corrected chi connectivity index (χ1v) is 12.6. The fraction of sp³-hybridized carbons (Fsp3) is 0.154. The number of rotatable bonds is 5. The average molecular weight is 480 g/mol. The Morgan fingerprint density at radius 2 is 1.73 bits per heavy atom. The predicted molar refractivity (Wildman–Crippen MR) is 131 cm³/mol. The van der Waals surface area contributed by atoms with Crippen molar-refractivity contribution < 1.29 is 17.9 Å². The van der Waals surface area contributed by atoms with Crippen molar-refractivity contribution in [3.05, 3.63) is 89.1 Å². The quantitative estimate of drug-likeness (QED) is 0.248. The number of esters is 1. The first-order chi connectivity index (χ1) is 15.6. The van der Waals surface area contributed by atoms with Crippen LogP contribution in [0.15, 0.2) is 77.8 Å². The van der Waals surface area contributed by atoms with Gasteiger partial charge in [-0.25, -0.2) is 13.2 Å². The third-order valence-corrected chi connectivity index (χ3v) is 6.75. The number of aromatic nitrogens is 1. The molecule has 0 atom stereocenters. The largest absolute Gasteiger partial charge is 0.423 e. The Morgan fingerprint density at radius 1 is 1.00 bits per heavy atom. The molecule has 0 aliphatic rings. The lowest BCUT2D eigenvalue weighted by molar-refractivity contribution is 0.0734. The molecule has 0 spiro atoms. The second kappa shape index (κ2) is 8.96. The van der Waals surface area contributed by atoms with Crippen LogP contribution in [0.4, 0.5) is 0 Å². The van der Waals surface area contributed by atoms with Gasteiger partial charge >= 0.3 is 5.97 Å². The molecule has 0 saturated heterocycles. The smallest absolute Gasteiger partial charge is 0.343 e. The third kappa shape index (κ3) is 4.77. The van der Waals surface area contributed by atoms with Crippen LogP contribution in [-0.2, 0) is 9.84 Å². The van der Waals surface area contributed by atoms with Gasteiger partial charge in [-0.15, -0.1) is 0 Å². The Hall–Kier alpha value is -3.22. The zero-order valence-electron chi connectivity index (χ0n) is 18.4. The number of ether oxygens (including phenoxy) is 1. The van der Waals surface area contributed by atoms with Crippen LogP contribution in [0.2, 0.25) is 5.02 Å².